The number of hydrogen-bond acceptors (Lipinski definition) is 14. The van der Waals surface area contributed by atoms with Crippen LogP contribution in [-0.4, -0.2) is 139 Å². The molecule has 15 nitrogen and oxygen atoms in total. The Morgan fingerprint density at radius 1 is 1.16 bits per heavy atom. The fourth-order valence-electron chi connectivity index (χ4n) is 6.26. The molecule has 1 unspecified atom stereocenters. The zero-order valence-corrected chi connectivity index (χ0v) is 24.9. The van der Waals surface area contributed by atoms with E-state index in [1.165, 1.54) is 19.8 Å². The van der Waals surface area contributed by atoms with E-state index in [-0.39, 0.29) is 18.9 Å². The molecule has 43 heavy (non-hydrogen) atoms. The van der Waals surface area contributed by atoms with Crippen molar-refractivity contribution >= 4 is 5.91 Å². The summed E-state index contributed by atoms with van der Waals surface area (Å²) in [6.45, 7) is 3.86. The van der Waals surface area contributed by atoms with Crippen LogP contribution in [0.5, 0.6) is 0 Å². The molecule has 5 aliphatic rings. The summed E-state index contributed by atoms with van der Waals surface area (Å²) in [4.78, 5) is 13.0. The molecule has 2 saturated heterocycles. The van der Waals surface area contributed by atoms with E-state index in [1.54, 1.807) is 7.05 Å². The van der Waals surface area contributed by atoms with Crippen LogP contribution in [0.2, 0.25) is 0 Å². The van der Waals surface area contributed by atoms with Crippen molar-refractivity contribution in [1.82, 2.24) is 21.3 Å². The minimum absolute atomic E-state index is 0.122. The third-order valence-corrected chi connectivity index (χ3v) is 9.26. The molecule has 246 valence electrons. The highest BCUT2D eigenvalue weighted by atomic mass is 16.7. The first-order valence-electron chi connectivity index (χ1n) is 15.4. The lowest BCUT2D eigenvalue weighted by atomic mass is 9.83. The zero-order valence-electron chi connectivity index (χ0n) is 24.9. The molecule has 12 atom stereocenters. The van der Waals surface area contributed by atoms with Crippen molar-refractivity contribution in [3.05, 3.63) is 11.8 Å². The molecular formula is C28H50N6O9. The van der Waals surface area contributed by atoms with Gasteiger partial charge in [-0.15, -0.1) is 0 Å². The zero-order chi connectivity index (χ0) is 30.9. The van der Waals surface area contributed by atoms with Crippen LogP contribution in [0.3, 0.4) is 0 Å². The Kier molecular flexibility index (Phi) is 10.6. The van der Waals surface area contributed by atoms with Crippen LogP contribution in [0.1, 0.15) is 32.6 Å². The summed E-state index contributed by atoms with van der Waals surface area (Å²) in [6, 6.07) is -2.91. The molecule has 0 aromatic heterocycles. The summed E-state index contributed by atoms with van der Waals surface area (Å²) in [5.41, 5.74) is 11.5. The topological polar surface area (TPSA) is 235 Å². The number of carbonyl (C=O) groups is 1. The van der Waals surface area contributed by atoms with Crippen LogP contribution in [0.4, 0.5) is 0 Å². The van der Waals surface area contributed by atoms with E-state index < -0.39 is 78.8 Å². The Morgan fingerprint density at radius 3 is 2.53 bits per heavy atom. The molecule has 2 aliphatic carbocycles. The smallest absolute Gasteiger partial charge is 0.249 e. The van der Waals surface area contributed by atoms with E-state index >= 15 is 0 Å². The first kappa shape index (κ1) is 32.9. The van der Waals surface area contributed by atoms with Gasteiger partial charge in [0.25, 0.3) is 0 Å². The molecular weight excluding hydrogens is 564 g/mol. The molecule has 3 heterocycles. The van der Waals surface area contributed by atoms with Gasteiger partial charge in [-0.1, -0.05) is 0 Å². The Hall–Kier alpha value is -1.47. The number of aliphatic hydroxyl groups is 4. The molecule has 0 spiro atoms. The molecule has 2 saturated carbocycles. The van der Waals surface area contributed by atoms with Gasteiger partial charge in [0.1, 0.15) is 41.9 Å². The summed E-state index contributed by atoms with van der Waals surface area (Å²) in [5.74, 6) is 0.571. The van der Waals surface area contributed by atoms with Gasteiger partial charge in [-0.2, -0.15) is 0 Å². The van der Waals surface area contributed by atoms with Crippen LogP contribution in [-0.2, 0) is 23.7 Å². The lowest BCUT2D eigenvalue weighted by Gasteiger charge is -2.49. The molecule has 0 bridgehead atoms. The highest BCUT2D eigenvalue weighted by molar-refractivity contribution is 5.81. The van der Waals surface area contributed by atoms with E-state index in [0.717, 1.165) is 6.54 Å². The number of hydrogen-bond donors (Lipinski definition) is 10. The van der Waals surface area contributed by atoms with Gasteiger partial charge in [0, 0.05) is 25.0 Å². The normalized spacial score (nSPS) is 42.8. The lowest BCUT2D eigenvalue weighted by molar-refractivity contribution is -0.304. The Morgan fingerprint density at radius 2 is 1.88 bits per heavy atom. The molecule has 4 fully saturated rings. The van der Waals surface area contributed by atoms with Crippen molar-refractivity contribution in [3.63, 3.8) is 0 Å². The van der Waals surface area contributed by atoms with E-state index in [1.807, 2.05) is 6.08 Å². The van der Waals surface area contributed by atoms with Gasteiger partial charge < -0.3 is 72.1 Å². The number of ether oxygens (including phenoxy) is 4. The number of aliphatic hydroxyl groups excluding tert-OH is 3. The van der Waals surface area contributed by atoms with Crippen LogP contribution in [0.15, 0.2) is 11.8 Å². The third kappa shape index (κ3) is 7.68. The number of nitrogens with one attached hydrogen (secondary N) is 4. The molecule has 12 N–H and O–H groups in total. The Bertz CT molecular complexity index is 982. The van der Waals surface area contributed by atoms with Crippen LogP contribution in [0, 0.1) is 11.8 Å². The van der Waals surface area contributed by atoms with Crippen molar-refractivity contribution < 1.29 is 44.2 Å². The number of amides is 1. The first-order chi connectivity index (χ1) is 20.5. The second-order valence-electron chi connectivity index (χ2n) is 13.0. The quantitative estimate of drug-likeness (QED) is 0.101. The Labute approximate surface area is 252 Å². The van der Waals surface area contributed by atoms with Crippen molar-refractivity contribution in [3.8, 4) is 0 Å². The van der Waals surface area contributed by atoms with Gasteiger partial charge in [-0.05, 0) is 58.2 Å². The maximum Gasteiger partial charge on any atom is 0.249 e. The maximum atomic E-state index is 13.0. The predicted molar refractivity (Wildman–Crippen MR) is 153 cm³/mol. The van der Waals surface area contributed by atoms with E-state index in [4.69, 9.17) is 30.4 Å². The molecule has 0 aromatic rings. The molecule has 0 aromatic carbocycles. The van der Waals surface area contributed by atoms with Crippen molar-refractivity contribution in [2.24, 2.45) is 23.3 Å². The lowest BCUT2D eigenvalue weighted by Crippen LogP contribution is -2.69. The standard InChI is InChI=1S/C28H50N6O9/c1-28(39)12-40-27(21(37)24(28)31-2)43-23-18(34-25(38)19(35)14-9-33-10-14)7-17(30)22(20(23)36)42-26-16(29)6-5-15(41-26)11-32-8-13-3-4-13/h5,13-14,16-24,26-27,31-33,35-37,39H,3-4,6-12,29-30H2,1-2H3,(H,34,38)/t16-,17+,18-,19?,20+,21-,22-,23+,24-,26-,27-,28+/m1/s1. The molecule has 15 heteroatoms. The van der Waals surface area contributed by atoms with Crippen molar-refractivity contribution in [2.45, 2.75) is 105 Å². The highest BCUT2D eigenvalue weighted by Gasteiger charge is 2.52. The van der Waals surface area contributed by atoms with E-state index in [0.29, 0.717) is 37.7 Å². The van der Waals surface area contributed by atoms with E-state index in [2.05, 4.69) is 21.3 Å². The van der Waals surface area contributed by atoms with E-state index in [9.17, 15) is 25.2 Å². The second kappa shape index (κ2) is 13.9. The largest absolute Gasteiger partial charge is 0.467 e. The van der Waals surface area contributed by atoms with Gasteiger partial charge in [0.15, 0.2) is 6.29 Å². The fraction of sp³-hybridized carbons (Fsp3) is 0.893. The van der Waals surface area contributed by atoms with Gasteiger partial charge in [0.2, 0.25) is 12.2 Å². The van der Waals surface area contributed by atoms with Crippen molar-refractivity contribution in [1.29, 1.82) is 0 Å². The summed E-state index contributed by atoms with van der Waals surface area (Å²) >= 11 is 0. The monoisotopic (exact) mass is 614 g/mol. The number of likely N-dealkylation sites (N-methyl/N-ethyl adjacent to an activating group) is 1. The summed E-state index contributed by atoms with van der Waals surface area (Å²) in [7, 11) is 1.60. The SMILES string of the molecule is CN[C@@H]1[C@@H](O)[C@@H](O[C@@H]2[C@@H](O)[C@H](O[C@H]3OC(CNCC4CC4)=CC[C@H]3N)[C@@H](N)C[C@H]2NC(=O)C(O)C2CNC2)OC[C@]1(C)O. The maximum absolute atomic E-state index is 13.0. The van der Waals surface area contributed by atoms with Crippen molar-refractivity contribution in [2.75, 3.05) is 39.8 Å². The Balaban J connectivity index is 1.29. The third-order valence-electron chi connectivity index (χ3n) is 9.26. The second-order valence-corrected chi connectivity index (χ2v) is 13.0. The fourth-order valence-corrected chi connectivity index (χ4v) is 6.26. The average molecular weight is 615 g/mol. The highest BCUT2D eigenvalue weighted by Crippen LogP contribution is 2.32. The first-order valence-corrected chi connectivity index (χ1v) is 15.4. The van der Waals surface area contributed by atoms with Crippen LogP contribution in [0.25, 0.3) is 0 Å². The van der Waals surface area contributed by atoms with Crippen LogP contribution < -0.4 is 32.7 Å². The molecule has 1 amide bonds. The van der Waals surface area contributed by atoms with Gasteiger partial charge >= 0.3 is 0 Å². The molecule has 5 rings (SSSR count). The minimum Gasteiger partial charge on any atom is -0.467 e. The van der Waals surface area contributed by atoms with Crippen LogP contribution >= 0.6 is 0 Å². The van der Waals surface area contributed by atoms with Gasteiger partial charge in [0.05, 0.1) is 31.3 Å². The number of carbonyl (C=O) groups excluding carboxylic acids is 1. The predicted octanol–water partition coefficient (Wildman–Crippen LogP) is -4.07. The van der Waals surface area contributed by atoms with Gasteiger partial charge in [-0.25, -0.2) is 0 Å². The molecule has 3 aliphatic heterocycles. The van der Waals surface area contributed by atoms with Gasteiger partial charge in [-0.3, -0.25) is 4.79 Å². The minimum atomic E-state index is -1.40. The molecule has 0 radical (unpaired) electrons. The summed E-state index contributed by atoms with van der Waals surface area (Å²) in [6.07, 6.45) is -3.23. The number of rotatable bonds is 12. The summed E-state index contributed by atoms with van der Waals surface area (Å²) < 4.78 is 24.1. The summed E-state index contributed by atoms with van der Waals surface area (Å²) in [5, 5.41) is 56.0. The average Bonchev–Trinajstić information content (AvgIpc) is 3.75. The number of nitrogens with two attached hydrogens (primary N) is 2.